The average Bonchev–Trinajstić information content (AvgIpc) is 2.43. The van der Waals surface area contributed by atoms with Crippen LogP contribution in [0.25, 0.3) is 0 Å². The molecule has 2 N–H and O–H groups in total. The topological polar surface area (TPSA) is 32.3 Å². The van der Waals surface area contributed by atoms with Crippen LogP contribution in [0.3, 0.4) is 0 Å². The first-order chi connectivity index (χ1) is 9.20. The van der Waals surface area contributed by atoms with Gasteiger partial charge < -0.3 is 10.4 Å². The maximum atomic E-state index is 9.76. The van der Waals surface area contributed by atoms with E-state index in [4.69, 9.17) is 0 Å². The first-order valence-corrected chi connectivity index (χ1v) is 6.77. The van der Waals surface area contributed by atoms with Crippen LogP contribution in [0, 0.1) is 6.92 Å². The molecule has 0 aliphatic heterocycles. The third-order valence-electron chi connectivity index (χ3n) is 3.42. The number of benzene rings is 2. The zero-order chi connectivity index (χ0) is 13.7. The van der Waals surface area contributed by atoms with Gasteiger partial charge in [-0.2, -0.15) is 0 Å². The van der Waals surface area contributed by atoms with Gasteiger partial charge >= 0.3 is 0 Å². The predicted molar refractivity (Wildman–Crippen MR) is 79.2 cm³/mol. The van der Waals surface area contributed by atoms with Crippen molar-refractivity contribution in [3.05, 3.63) is 65.2 Å². The fraction of sp³-hybridized carbons (Fsp3) is 0.294. The molecule has 2 rings (SSSR count). The molecule has 0 saturated heterocycles. The van der Waals surface area contributed by atoms with Crippen LogP contribution in [-0.2, 0) is 6.54 Å². The third kappa shape index (κ3) is 3.58. The van der Waals surface area contributed by atoms with Crippen molar-refractivity contribution in [2.75, 3.05) is 0 Å². The van der Waals surface area contributed by atoms with Gasteiger partial charge in [-0.15, -0.1) is 0 Å². The molecule has 19 heavy (non-hydrogen) atoms. The number of hydrogen-bond acceptors (Lipinski definition) is 2. The molecule has 2 heteroatoms. The molecule has 1 unspecified atom stereocenters. The second-order valence-corrected chi connectivity index (χ2v) is 4.88. The molecule has 0 bridgehead atoms. The van der Waals surface area contributed by atoms with E-state index >= 15 is 0 Å². The standard InChI is InChI=1S/C17H21NO/c1-3-16(14-10-8-13(2)9-11-14)18-12-15-6-4-5-7-17(15)19/h4-11,16,18-19H,3,12H2,1-2H3. The zero-order valence-corrected chi connectivity index (χ0v) is 11.6. The molecule has 0 spiro atoms. The van der Waals surface area contributed by atoms with Crippen molar-refractivity contribution < 1.29 is 5.11 Å². The molecule has 0 aliphatic carbocycles. The molecule has 2 nitrogen and oxygen atoms in total. The van der Waals surface area contributed by atoms with E-state index in [2.05, 4.69) is 43.4 Å². The van der Waals surface area contributed by atoms with Crippen LogP contribution in [0.15, 0.2) is 48.5 Å². The monoisotopic (exact) mass is 255 g/mol. The second kappa shape index (κ2) is 6.39. The summed E-state index contributed by atoms with van der Waals surface area (Å²) in [7, 11) is 0. The molecule has 0 fully saturated rings. The first kappa shape index (κ1) is 13.6. The lowest BCUT2D eigenvalue weighted by Crippen LogP contribution is -2.20. The number of rotatable bonds is 5. The molecule has 100 valence electrons. The van der Waals surface area contributed by atoms with Crippen molar-refractivity contribution in [1.29, 1.82) is 0 Å². The minimum Gasteiger partial charge on any atom is -0.508 e. The van der Waals surface area contributed by atoms with Gasteiger partial charge in [-0.3, -0.25) is 0 Å². The number of para-hydroxylation sites is 1. The van der Waals surface area contributed by atoms with Crippen LogP contribution < -0.4 is 5.32 Å². The fourth-order valence-corrected chi connectivity index (χ4v) is 2.19. The van der Waals surface area contributed by atoms with E-state index < -0.39 is 0 Å². The Kier molecular flexibility index (Phi) is 4.58. The van der Waals surface area contributed by atoms with E-state index in [1.807, 2.05) is 18.2 Å². The summed E-state index contributed by atoms with van der Waals surface area (Å²) in [5.41, 5.74) is 3.51. The molecular formula is C17H21NO. The predicted octanol–water partition coefficient (Wildman–Crippen LogP) is 3.94. The SMILES string of the molecule is CCC(NCc1ccccc1O)c1ccc(C)cc1. The van der Waals surface area contributed by atoms with Gasteiger partial charge in [-0.25, -0.2) is 0 Å². The Morgan fingerprint density at radius 3 is 2.37 bits per heavy atom. The van der Waals surface area contributed by atoms with Crippen LogP contribution in [0.4, 0.5) is 0 Å². The lowest BCUT2D eigenvalue weighted by Gasteiger charge is -2.18. The van der Waals surface area contributed by atoms with Gasteiger partial charge in [-0.1, -0.05) is 55.0 Å². The van der Waals surface area contributed by atoms with Gasteiger partial charge in [-0.05, 0) is 25.0 Å². The van der Waals surface area contributed by atoms with E-state index in [0.717, 1.165) is 12.0 Å². The molecule has 0 amide bonds. The number of phenolic OH excluding ortho intramolecular Hbond substituents is 1. The third-order valence-corrected chi connectivity index (χ3v) is 3.42. The molecule has 0 aliphatic rings. The van der Waals surface area contributed by atoms with Gasteiger partial charge in [0.25, 0.3) is 0 Å². The lowest BCUT2D eigenvalue weighted by molar-refractivity contribution is 0.455. The van der Waals surface area contributed by atoms with Gasteiger partial charge in [0.05, 0.1) is 0 Å². The van der Waals surface area contributed by atoms with Crippen molar-refractivity contribution in [2.45, 2.75) is 32.9 Å². The summed E-state index contributed by atoms with van der Waals surface area (Å²) in [5, 5.41) is 13.3. The fourth-order valence-electron chi connectivity index (χ4n) is 2.19. The highest BCUT2D eigenvalue weighted by Gasteiger charge is 2.09. The lowest BCUT2D eigenvalue weighted by atomic mass is 10.0. The average molecular weight is 255 g/mol. The molecule has 1 atom stereocenters. The van der Waals surface area contributed by atoms with Crippen LogP contribution >= 0.6 is 0 Å². The summed E-state index contributed by atoms with van der Waals surface area (Å²) in [6, 6.07) is 16.4. The van der Waals surface area contributed by atoms with E-state index in [9.17, 15) is 5.11 Å². The Morgan fingerprint density at radius 2 is 1.74 bits per heavy atom. The van der Waals surface area contributed by atoms with E-state index in [-0.39, 0.29) is 0 Å². The maximum absolute atomic E-state index is 9.76. The van der Waals surface area contributed by atoms with Crippen LogP contribution in [0.5, 0.6) is 5.75 Å². The number of phenols is 1. The second-order valence-electron chi connectivity index (χ2n) is 4.88. The summed E-state index contributed by atoms with van der Waals surface area (Å²) >= 11 is 0. The molecule has 0 radical (unpaired) electrons. The van der Waals surface area contributed by atoms with Crippen molar-refractivity contribution >= 4 is 0 Å². The first-order valence-electron chi connectivity index (χ1n) is 6.77. The summed E-state index contributed by atoms with van der Waals surface area (Å²) in [5.74, 6) is 0.355. The van der Waals surface area contributed by atoms with Crippen LogP contribution in [0.1, 0.15) is 36.1 Å². The van der Waals surface area contributed by atoms with E-state index in [1.54, 1.807) is 6.07 Å². The summed E-state index contributed by atoms with van der Waals surface area (Å²) in [6.45, 7) is 4.95. The van der Waals surface area contributed by atoms with Gasteiger partial charge in [0.15, 0.2) is 0 Å². The Labute approximate surface area is 115 Å². The normalized spacial score (nSPS) is 12.3. The minimum atomic E-state index is 0.320. The summed E-state index contributed by atoms with van der Waals surface area (Å²) in [6.07, 6.45) is 1.02. The van der Waals surface area contributed by atoms with Gasteiger partial charge in [0.1, 0.15) is 5.75 Å². The van der Waals surface area contributed by atoms with Crippen molar-refractivity contribution in [3.8, 4) is 5.75 Å². The highest BCUT2D eigenvalue weighted by Crippen LogP contribution is 2.20. The van der Waals surface area contributed by atoms with Gasteiger partial charge in [0.2, 0.25) is 0 Å². The van der Waals surface area contributed by atoms with E-state index in [1.165, 1.54) is 11.1 Å². The molecule has 0 saturated carbocycles. The largest absolute Gasteiger partial charge is 0.508 e. The quantitative estimate of drug-likeness (QED) is 0.848. The molecule has 2 aromatic carbocycles. The summed E-state index contributed by atoms with van der Waals surface area (Å²) < 4.78 is 0. The molecular weight excluding hydrogens is 234 g/mol. The summed E-state index contributed by atoms with van der Waals surface area (Å²) in [4.78, 5) is 0. The maximum Gasteiger partial charge on any atom is 0.120 e. The Bertz CT molecular complexity index is 519. The number of hydrogen-bond donors (Lipinski definition) is 2. The number of aryl methyl sites for hydroxylation is 1. The number of aromatic hydroxyl groups is 1. The highest BCUT2D eigenvalue weighted by atomic mass is 16.3. The van der Waals surface area contributed by atoms with Crippen LogP contribution in [-0.4, -0.2) is 5.11 Å². The zero-order valence-electron chi connectivity index (χ0n) is 11.6. The van der Waals surface area contributed by atoms with E-state index in [0.29, 0.717) is 18.3 Å². The molecule has 2 aromatic rings. The molecule has 0 aromatic heterocycles. The number of nitrogens with one attached hydrogen (secondary N) is 1. The Morgan fingerprint density at radius 1 is 1.05 bits per heavy atom. The van der Waals surface area contributed by atoms with Crippen LogP contribution in [0.2, 0.25) is 0 Å². The smallest absolute Gasteiger partial charge is 0.120 e. The van der Waals surface area contributed by atoms with Crippen molar-refractivity contribution in [1.82, 2.24) is 5.32 Å². The van der Waals surface area contributed by atoms with Gasteiger partial charge in [0, 0.05) is 18.2 Å². The minimum absolute atomic E-state index is 0.320. The van der Waals surface area contributed by atoms with Crippen molar-refractivity contribution in [3.63, 3.8) is 0 Å². The highest BCUT2D eigenvalue weighted by molar-refractivity contribution is 5.32. The Balaban J connectivity index is 2.04. The Hall–Kier alpha value is -1.80. The van der Waals surface area contributed by atoms with Crippen molar-refractivity contribution in [2.24, 2.45) is 0 Å². The molecule has 0 heterocycles.